The molecule has 0 spiro atoms. The normalized spacial score (nSPS) is 15.9. The lowest BCUT2D eigenvalue weighted by atomic mass is 9.87. The first-order valence-corrected chi connectivity index (χ1v) is 19.1. The lowest BCUT2D eigenvalue weighted by Gasteiger charge is -2.36. The van der Waals surface area contributed by atoms with Crippen molar-refractivity contribution >= 4 is 11.8 Å². The van der Waals surface area contributed by atoms with E-state index in [0.29, 0.717) is 65.3 Å². The molecular formula is C44H45F5N4O3. The maximum absolute atomic E-state index is 14.5. The molecule has 56 heavy (non-hydrogen) atoms. The molecule has 0 bridgehead atoms. The Morgan fingerprint density at radius 2 is 1.64 bits per heavy atom. The largest absolute Gasteiger partial charge is 0.416 e. The number of nitriles is 1. The Balaban J connectivity index is 1.35. The summed E-state index contributed by atoms with van der Waals surface area (Å²) >= 11 is 0. The van der Waals surface area contributed by atoms with Crippen LogP contribution in [-0.2, 0) is 24.6 Å². The summed E-state index contributed by atoms with van der Waals surface area (Å²) in [5.74, 6) is -2.55. The van der Waals surface area contributed by atoms with E-state index in [9.17, 15) is 41.9 Å². The number of rotatable bonds is 15. The number of aliphatic hydroxyl groups excluding tert-OH is 1. The lowest BCUT2D eigenvalue weighted by Crippen LogP contribution is -2.50. The molecule has 7 nitrogen and oxygen atoms in total. The van der Waals surface area contributed by atoms with Gasteiger partial charge in [0.15, 0.2) is 0 Å². The zero-order valence-corrected chi connectivity index (χ0v) is 31.4. The third kappa shape index (κ3) is 8.95. The van der Waals surface area contributed by atoms with Gasteiger partial charge in [-0.1, -0.05) is 57.0 Å². The zero-order valence-electron chi connectivity index (χ0n) is 31.4. The number of nitrogens with zero attached hydrogens (tertiary/aromatic N) is 2. The van der Waals surface area contributed by atoms with E-state index in [2.05, 4.69) is 30.6 Å². The highest BCUT2D eigenvalue weighted by Crippen LogP contribution is 2.46. The van der Waals surface area contributed by atoms with E-state index in [-0.39, 0.29) is 36.0 Å². The average molecular weight is 773 g/mol. The van der Waals surface area contributed by atoms with Gasteiger partial charge >= 0.3 is 6.18 Å². The van der Waals surface area contributed by atoms with Gasteiger partial charge in [0.05, 0.1) is 29.3 Å². The second kappa shape index (κ2) is 16.9. The predicted octanol–water partition coefficient (Wildman–Crippen LogP) is 8.47. The van der Waals surface area contributed by atoms with E-state index in [0.717, 1.165) is 49.9 Å². The van der Waals surface area contributed by atoms with Crippen molar-refractivity contribution in [3.8, 4) is 17.2 Å². The molecule has 2 unspecified atom stereocenters. The molecule has 4 aromatic rings. The Labute approximate surface area is 323 Å². The van der Waals surface area contributed by atoms with Crippen LogP contribution in [0.25, 0.3) is 11.1 Å². The zero-order chi connectivity index (χ0) is 40.2. The van der Waals surface area contributed by atoms with Gasteiger partial charge in [0.2, 0.25) is 0 Å². The van der Waals surface area contributed by atoms with Crippen molar-refractivity contribution in [2.75, 3.05) is 13.1 Å². The monoisotopic (exact) mass is 772 g/mol. The fraction of sp³-hybridized carbons (Fsp3) is 0.386. The third-order valence-electron chi connectivity index (χ3n) is 10.9. The maximum atomic E-state index is 14.5. The van der Waals surface area contributed by atoms with Gasteiger partial charge in [0.1, 0.15) is 11.6 Å². The highest BCUT2D eigenvalue weighted by atomic mass is 19.4. The lowest BCUT2D eigenvalue weighted by molar-refractivity contribution is -0.137. The van der Waals surface area contributed by atoms with Crippen molar-refractivity contribution in [3.05, 3.63) is 129 Å². The Kier molecular flexibility index (Phi) is 12.3. The van der Waals surface area contributed by atoms with Crippen LogP contribution in [-0.4, -0.2) is 53.1 Å². The number of alkyl halides is 3. The van der Waals surface area contributed by atoms with Crippen molar-refractivity contribution in [1.29, 1.82) is 5.26 Å². The highest BCUT2D eigenvalue weighted by Gasteiger charge is 2.45. The average Bonchev–Trinajstić information content (AvgIpc) is 3.97. The van der Waals surface area contributed by atoms with E-state index < -0.39 is 47.0 Å². The predicted molar refractivity (Wildman–Crippen MR) is 203 cm³/mol. The molecule has 4 aromatic carbocycles. The number of benzene rings is 4. The summed E-state index contributed by atoms with van der Waals surface area (Å²) in [6.07, 6.45) is -1.28. The minimum atomic E-state index is -4.54. The maximum Gasteiger partial charge on any atom is 0.416 e. The number of aliphatic hydroxyl groups is 1. The smallest absolute Gasteiger partial charge is 0.390 e. The number of nitrogens with one attached hydrogen (secondary N) is 2. The summed E-state index contributed by atoms with van der Waals surface area (Å²) in [6, 6.07) is 19.2. The molecular weight excluding hydrogens is 727 g/mol. The van der Waals surface area contributed by atoms with Crippen LogP contribution in [0.2, 0.25) is 0 Å². The molecule has 294 valence electrons. The molecule has 1 aliphatic carbocycles. The number of halogens is 5. The van der Waals surface area contributed by atoms with Crippen LogP contribution in [0.3, 0.4) is 0 Å². The van der Waals surface area contributed by atoms with Crippen LogP contribution in [0.4, 0.5) is 22.0 Å². The number of amides is 2. The molecule has 0 saturated heterocycles. The minimum absolute atomic E-state index is 0.0161. The Bertz CT molecular complexity index is 2100. The number of carbonyl (C=O) groups excluding carboxylic acids is 2. The molecule has 3 N–H and O–H groups in total. The first-order chi connectivity index (χ1) is 26.8. The van der Waals surface area contributed by atoms with Crippen molar-refractivity contribution in [2.45, 2.75) is 95.1 Å². The van der Waals surface area contributed by atoms with Crippen molar-refractivity contribution in [1.82, 2.24) is 15.5 Å². The third-order valence-corrected chi connectivity index (χ3v) is 10.9. The SMILES string of the molecule is CCCC(CCC)N1CCc2c(C(=O)NC(Cc3cc(F)cc(F)c3)C(O)CNC3(c4cccc(C(F)(F)F)c4)CC3)cc(-c3ccccc3C#N)cc2C1=O. The van der Waals surface area contributed by atoms with Gasteiger partial charge in [-0.15, -0.1) is 0 Å². The van der Waals surface area contributed by atoms with E-state index in [1.165, 1.54) is 6.07 Å². The summed E-state index contributed by atoms with van der Waals surface area (Å²) in [7, 11) is 0. The molecule has 2 aliphatic rings. The van der Waals surface area contributed by atoms with Gasteiger partial charge in [-0.2, -0.15) is 18.4 Å². The molecule has 1 heterocycles. The van der Waals surface area contributed by atoms with Gasteiger partial charge in [-0.05, 0) is 109 Å². The summed E-state index contributed by atoms with van der Waals surface area (Å²) in [4.78, 5) is 30.6. The van der Waals surface area contributed by atoms with Crippen LogP contribution in [0.1, 0.15) is 101 Å². The minimum Gasteiger partial charge on any atom is -0.390 e. The summed E-state index contributed by atoms with van der Waals surface area (Å²) in [5.41, 5.74) is 1.31. The van der Waals surface area contributed by atoms with Gasteiger partial charge in [0, 0.05) is 41.9 Å². The molecule has 6 rings (SSSR count). The molecule has 2 atom stereocenters. The van der Waals surface area contributed by atoms with Crippen LogP contribution < -0.4 is 10.6 Å². The quantitative estimate of drug-likeness (QED) is 0.105. The van der Waals surface area contributed by atoms with Gasteiger partial charge in [-0.25, -0.2) is 8.78 Å². The molecule has 0 radical (unpaired) electrons. The van der Waals surface area contributed by atoms with Crippen LogP contribution in [0, 0.1) is 23.0 Å². The highest BCUT2D eigenvalue weighted by molar-refractivity contribution is 6.05. The van der Waals surface area contributed by atoms with E-state index >= 15 is 0 Å². The topological polar surface area (TPSA) is 105 Å². The van der Waals surface area contributed by atoms with Gasteiger partial charge in [0.25, 0.3) is 11.8 Å². The molecule has 1 fully saturated rings. The summed E-state index contributed by atoms with van der Waals surface area (Å²) < 4.78 is 69.3. The Hall–Kier alpha value is -5.12. The molecule has 2 amide bonds. The second-order valence-corrected chi connectivity index (χ2v) is 14.9. The Morgan fingerprint density at radius 3 is 2.29 bits per heavy atom. The first kappa shape index (κ1) is 40.5. The van der Waals surface area contributed by atoms with E-state index in [4.69, 9.17) is 0 Å². The molecule has 0 aromatic heterocycles. The Morgan fingerprint density at radius 1 is 0.946 bits per heavy atom. The molecule has 1 saturated carbocycles. The molecule has 12 heteroatoms. The number of fused-ring (bicyclic) bond motifs is 1. The van der Waals surface area contributed by atoms with Crippen LogP contribution >= 0.6 is 0 Å². The standard InChI is InChI=1S/C44H45F5N4O3/c1-3-8-34(9-4-2)53-17-14-36-37(21-29(22-38(36)42(53)56)35-13-6-5-10-28(35)25-50)41(55)52-39(20-27-18-32(45)24-33(46)19-27)40(54)26-51-43(15-16-43)30-11-7-12-31(23-30)44(47,48)49/h5-7,10-13,18-19,21-24,34,39-40,51,54H,3-4,8-9,14-17,20,26H2,1-2H3,(H,52,55). The summed E-state index contributed by atoms with van der Waals surface area (Å²) in [6.45, 7) is 4.36. The van der Waals surface area contributed by atoms with Gasteiger partial charge < -0.3 is 20.6 Å². The van der Waals surface area contributed by atoms with Crippen molar-refractivity contribution in [3.63, 3.8) is 0 Å². The number of hydrogen-bond donors (Lipinski definition) is 3. The van der Waals surface area contributed by atoms with Crippen molar-refractivity contribution < 1.29 is 36.6 Å². The van der Waals surface area contributed by atoms with E-state index in [1.54, 1.807) is 42.5 Å². The van der Waals surface area contributed by atoms with Crippen LogP contribution in [0.15, 0.2) is 78.9 Å². The van der Waals surface area contributed by atoms with Crippen molar-refractivity contribution in [2.24, 2.45) is 0 Å². The molecule has 1 aliphatic heterocycles. The fourth-order valence-electron chi connectivity index (χ4n) is 7.92. The number of carbonyl (C=O) groups is 2. The fourth-order valence-corrected chi connectivity index (χ4v) is 7.92. The second-order valence-electron chi connectivity index (χ2n) is 14.9. The summed E-state index contributed by atoms with van der Waals surface area (Å²) in [5, 5.41) is 27.7. The van der Waals surface area contributed by atoms with E-state index in [1.807, 2.05) is 4.90 Å². The van der Waals surface area contributed by atoms with Crippen LogP contribution in [0.5, 0.6) is 0 Å². The number of hydrogen-bond acceptors (Lipinski definition) is 5. The first-order valence-electron chi connectivity index (χ1n) is 19.1. The van der Waals surface area contributed by atoms with Gasteiger partial charge in [-0.3, -0.25) is 9.59 Å².